The molecule has 2 unspecified atom stereocenters. The van der Waals surface area contributed by atoms with E-state index in [2.05, 4.69) is 63.1 Å². The van der Waals surface area contributed by atoms with Crippen LogP contribution in [-0.4, -0.2) is 48.5 Å². The maximum absolute atomic E-state index is 14.1. The Hall–Kier alpha value is -3.32. The Balaban J connectivity index is 0.000000232. The summed E-state index contributed by atoms with van der Waals surface area (Å²) in [5, 5.41) is 2.35. The first-order chi connectivity index (χ1) is 27.7. The Bertz CT molecular complexity index is 2060. The van der Waals surface area contributed by atoms with E-state index < -0.39 is 107 Å². The van der Waals surface area contributed by atoms with Crippen molar-refractivity contribution >= 4 is 53.6 Å². The summed E-state index contributed by atoms with van der Waals surface area (Å²) in [4.78, 5) is 9.22. The van der Waals surface area contributed by atoms with Gasteiger partial charge in [-0.3, -0.25) is 0 Å². The van der Waals surface area contributed by atoms with E-state index in [9.17, 15) is 79.0 Å². The summed E-state index contributed by atoms with van der Waals surface area (Å²) >= 11 is 9.52. The van der Waals surface area contributed by atoms with Gasteiger partial charge in [-0.05, 0) is 139 Å². The maximum atomic E-state index is 14.1. The Morgan fingerprint density at radius 1 is 0.492 bits per heavy atom. The van der Waals surface area contributed by atoms with Gasteiger partial charge in [0.2, 0.25) is 0 Å². The van der Waals surface area contributed by atoms with Gasteiger partial charge in [0.25, 0.3) is 0 Å². The predicted molar refractivity (Wildman–Crippen MR) is 194 cm³/mol. The number of anilines is 1. The van der Waals surface area contributed by atoms with Gasteiger partial charge in [-0.1, -0.05) is 12.1 Å². The van der Waals surface area contributed by atoms with Crippen LogP contribution in [0.2, 0.25) is 0 Å². The first-order valence-electron chi connectivity index (χ1n) is 16.8. The summed E-state index contributed by atoms with van der Waals surface area (Å²) in [6.45, 7) is -2.04. The van der Waals surface area contributed by atoms with Crippen LogP contribution >= 0.6 is 47.8 Å². The number of pyridine rings is 2. The molecule has 0 saturated carbocycles. The summed E-state index contributed by atoms with van der Waals surface area (Å²) in [6, 6.07) is 10.4. The highest BCUT2D eigenvalue weighted by atomic mass is 79.9. The lowest BCUT2D eigenvalue weighted by Gasteiger charge is -2.33. The van der Waals surface area contributed by atoms with E-state index in [1.807, 2.05) is 18.2 Å². The van der Waals surface area contributed by atoms with Gasteiger partial charge in [0.05, 0.1) is 22.3 Å². The summed E-state index contributed by atoms with van der Waals surface area (Å²) in [6.07, 6.45) is -32.3. The van der Waals surface area contributed by atoms with E-state index in [-0.39, 0.29) is 55.3 Å². The number of aromatic nitrogens is 2. The van der Waals surface area contributed by atoms with Crippen LogP contribution in [0.3, 0.4) is 0 Å². The Kier molecular flexibility index (Phi) is 14.9. The van der Waals surface area contributed by atoms with E-state index >= 15 is 0 Å². The number of halogens is 21. The minimum atomic E-state index is -5.24. The quantitative estimate of drug-likeness (QED) is 0.164. The lowest BCUT2D eigenvalue weighted by Crippen LogP contribution is -2.45. The van der Waals surface area contributed by atoms with Crippen LogP contribution in [0, 0.1) is 0 Å². The highest BCUT2D eigenvalue weighted by Crippen LogP contribution is 2.51. The third kappa shape index (κ3) is 12.0. The molecule has 2 saturated heterocycles. The minimum Gasteiger partial charge on any atom is -0.355 e. The fraction of sp³-hybridized carbons (Fsp3) is 0.389. The SMILES string of the molecule is Brc1cccc(Br)n1.FC(F)(F)c1cc(C(F)(F)F)cc(C2(C(F)(F)F)CCN(c3cccc(Br)n3)C2)c1.FC(F)(F)c1cc(C(F)(F)F)cc(C2(C(F)(F)F)CCNC2)c1. The summed E-state index contributed by atoms with van der Waals surface area (Å²) in [7, 11) is 0. The van der Waals surface area contributed by atoms with E-state index in [1.165, 1.54) is 23.1 Å². The molecule has 336 valence electrons. The molecule has 0 spiro atoms. The Morgan fingerprint density at radius 3 is 1.18 bits per heavy atom. The molecule has 2 atom stereocenters. The molecular weight excluding hydrogens is 1070 g/mol. The standard InChI is InChI=1S/C18H12BrF9N2.C13H10F9N.C5H3Br2N/c19-13-2-1-3-14(29-13)30-5-4-15(9-30,18(26,27)28)10-6-11(16(20,21)22)8-12(7-10)17(23,24)25;14-11(15,16)8-3-7(4-9(5-8)12(17,18)19)10(13(20,21)22)1-2-23-6-10;6-4-2-1-3-5(7)8-4/h1-3,6-8H,4-5,9H2;3-5,23H,1-2,6H2;1-3H. The van der Waals surface area contributed by atoms with E-state index in [0.717, 1.165) is 9.21 Å². The average Bonchev–Trinajstić information content (AvgIpc) is 3.81. The van der Waals surface area contributed by atoms with Gasteiger partial charge in [-0.2, -0.15) is 79.0 Å². The van der Waals surface area contributed by atoms with Gasteiger partial charge in [-0.15, -0.1) is 0 Å². The van der Waals surface area contributed by atoms with Crippen molar-refractivity contribution in [1.29, 1.82) is 0 Å². The highest BCUT2D eigenvalue weighted by molar-refractivity contribution is 9.11. The van der Waals surface area contributed by atoms with Crippen molar-refractivity contribution in [3.05, 3.63) is 120 Å². The molecule has 0 aliphatic carbocycles. The van der Waals surface area contributed by atoms with Crippen molar-refractivity contribution in [1.82, 2.24) is 15.3 Å². The Labute approximate surface area is 358 Å². The highest BCUT2D eigenvalue weighted by Gasteiger charge is 2.60. The first-order valence-corrected chi connectivity index (χ1v) is 19.2. The van der Waals surface area contributed by atoms with Crippen molar-refractivity contribution < 1.29 is 79.0 Å². The van der Waals surface area contributed by atoms with Crippen molar-refractivity contribution in [3.63, 3.8) is 0 Å². The molecule has 25 heteroatoms. The van der Waals surface area contributed by atoms with Crippen LogP contribution in [0.15, 0.2) is 86.6 Å². The fourth-order valence-electron chi connectivity index (χ4n) is 6.40. The van der Waals surface area contributed by atoms with Gasteiger partial charge in [0, 0.05) is 19.6 Å². The molecule has 4 aromatic rings. The maximum Gasteiger partial charge on any atom is 0.416 e. The van der Waals surface area contributed by atoms with Gasteiger partial charge in [-0.25, -0.2) is 9.97 Å². The number of hydrogen-bond acceptors (Lipinski definition) is 4. The van der Waals surface area contributed by atoms with Gasteiger partial charge >= 0.3 is 37.1 Å². The van der Waals surface area contributed by atoms with Gasteiger partial charge in [0.1, 0.15) is 30.5 Å². The van der Waals surface area contributed by atoms with Crippen molar-refractivity contribution in [2.75, 3.05) is 31.1 Å². The second-order valence-corrected chi connectivity index (χ2v) is 15.9. The topological polar surface area (TPSA) is 41.1 Å². The van der Waals surface area contributed by atoms with Crippen LogP contribution < -0.4 is 10.2 Å². The van der Waals surface area contributed by atoms with Crippen LogP contribution in [0.4, 0.5) is 84.8 Å². The first kappa shape index (κ1) is 50.3. The number of rotatable bonds is 3. The summed E-state index contributed by atoms with van der Waals surface area (Å²) in [5.74, 6) is 0.124. The molecule has 2 aromatic carbocycles. The molecule has 4 heterocycles. The summed E-state index contributed by atoms with van der Waals surface area (Å²) in [5.41, 5.74) is -14.9. The third-order valence-corrected chi connectivity index (χ3v) is 10.8. The van der Waals surface area contributed by atoms with Crippen LogP contribution in [-0.2, 0) is 35.5 Å². The lowest BCUT2D eigenvalue weighted by atomic mass is 9.77. The molecule has 0 amide bonds. The number of benzene rings is 2. The molecule has 2 aliphatic rings. The molecule has 6 rings (SSSR count). The zero-order valence-electron chi connectivity index (χ0n) is 29.9. The van der Waals surface area contributed by atoms with Crippen LogP contribution in [0.1, 0.15) is 46.2 Å². The third-order valence-electron chi connectivity index (χ3n) is 9.50. The van der Waals surface area contributed by atoms with Crippen molar-refractivity contribution in [3.8, 4) is 0 Å². The summed E-state index contributed by atoms with van der Waals surface area (Å²) < 4.78 is 240. The molecular formula is C36H25Br3F18N4. The average molecular weight is 1100 g/mol. The van der Waals surface area contributed by atoms with Crippen molar-refractivity contribution in [2.45, 2.75) is 60.7 Å². The van der Waals surface area contributed by atoms with Crippen molar-refractivity contribution in [2.24, 2.45) is 0 Å². The van der Waals surface area contributed by atoms with E-state index in [1.54, 1.807) is 0 Å². The molecule has 1 N–H and O–H groups in total. The predicted octanol–water partition coefficient (Wildman–Crippen LogP) is 13.7. The number of nitrogens with one attached hydrogen (secondary N) is 1. The van der Waals surface area contributed by atoms with Gasteiger partial charge < -0.3 is 10.2 Å². The lowest BCUT2D eigenvalue weighted by molar-refractivity contribution is -0.186. The van der Waals surface area contributed by atoms with Gasteiger partial charge in [0.15, 0.2) is 0 Å². The molecule has 0 bridgehead atoms. The smallest absolute Gasteiger partial charge is 0.355 e. The fourth-order valence-corrected chi connectivity index (χ4v) is 7.66. The zero-order valence-corrected chi connectivity index (χ0v) is 34.7. The monoisotopic (exact) mass is 1090 g/mol. The number of hydrogen-bond donors (Lipinski definition) is 1. The molecule has 61 heavy (non-hydrogen) atoms. The van der Waals surface area contributed by atoms with Crippen LogP contribution in [0.5, 0.6) is 0 Å². The van der Waals surface area contributed by atoms with E-state index in [0.29, 0.717) is 4.60 Å². The minimum absolute atomic E-state index is 0.124. The Morgan fingerprint density at radius 2 is 0.869 bits per heavy atom. The molecule has 4 nitrogen and oxygen atoms in total. The molecule has 2 aliphatic heterocycles. The molecule has 2 aromatic heterocycles. The molecule has 0 radical (unpaired) electrons. The van der Waals surface area contributed by atoms with E-state index in [4.69, 9.17) is 0 Å². The molecule has 2 fully saturated rings. The number of nitrogens with zero attached hydrogens (tertiary/aromatic N) is 3. The largest absolute Gasteiger partial charge is 0.416 e. The normalized spacial score (nSPS) is 20.2. The second kappa shape index (κ2) is 18.0. The van der Waals surface area contributed by atoms with Crippen LogP contribution in [0.25, 0.3) is 0 Å². The second-order valence-electron chi connectivity index (χ2n) is 13.4. The zero-order chi connectivity index (χ0) is 46.2. The number of alkyl halides is 18.